The van der Waals surface area contributed by atoms with E-state index >= 15 is 0 Å². The Morgan fingerprint density at radius 1 is 1.00 bits per heavy atom. The molecular weight excluding hydrogens is 312 g/mol. The Balaban J connectivity index is 1.34. The Morgan fingerprint density at radius 2 is 1.64 bits per heavy atom. The maximum atomic E-state index is 12.5. The zero-order valence-corrected chi connectivity index (χ0v) is 14.5. The first-order valence-corrected chi connectivity index (χ1v) is 8.98. The van der Waals surface area contributed by atoms with E-state index in [1.165, 1.54) is 18.4 Å². The molecule has 1 N–H and O–H groups in total. The molecule has 4 heteroatoms. The van der Waals surface area contributed by atoms with Gasteiger partial charge in [0.05, 0.1) is 7.11 Å². The van der Waals surface area contributed by atoms with E-state index in [1.807, 2.05) is 29.2 Å². The molecule has 2 amide bonds. The number of urea groups is 1. The molecule has 0 unspecified atom stereocenters. The largest absolute Gasteiger partial charge is 0.497 e. The zero-order valence-electron chi connectivity index (χ0n) is 14.5. The molecule has 1 aliphatic carbocycles. The van der Waals surface area contributed by atoms with Crippen LogP contribution in [0.3, 0.4) is 0 Å². The highest BCUT2D eigenvalue weighted by Crippen LogP contribution is 2.46. The summed E-state index contributed by atoms with van der Waals surface area (Å²) >= 11 is 0. The van der Waals surface area contributed by atoms with Crippen molar-refractivity contribution in [3.8, 4) is 5.75 Å². The number of hydrogen-bond acceptors (Lipinski definition) is 2. The van der Waals surface area contributed by atoms with Gasteiger partial charge in [-0.15, -0.1) is 0 Å². The lowest BCUT2D eigenvalue weighted by atomic mass is 9.96. The third-order valence-corrected chi connectivity index (χ3v) is 5.65. The first kappa shape index (κ1) is 16.0. The fourth-order valence-electron chi connectivity index (χ4n) is 4.34. The van der Waals surface area contributed by atoms with E-state index in [1.54, 1.807) is 7.11 Å². The van der Waals surface area contributed by atoms with Gasteiger partial charge in [0.25, 0.3) is 0 Å². The maximum Gasteiger partial charge on any atom is 0.321 e. The van der Waals surface area contributed by atoms with Gasteiger partial charge < -0.3 is 15.0 Å². The van der Waals surface area contributed by atoms with E-state index in [0.29, 0.717) is 17.8 Å². The first-order chi connectivity index (χ1) is 12.2. The van der Waals surface area contributed by atoms with Crippen molar-refractivity contribution in [2.75, 3.05) is 25.5 Å². The van der Waals surface area contributed by atoms with E-state index in [2.05, 4.69) is 35.6 Å². The van der Waals surface area contributed by atoms with Gasteiger partial charge in [-0.1, -0.05) is 30.3 Å². The van der Waals surface area contributed by atoms with Crippen LogP contribution in [0, 0.1) is 11.8 Å². The van der Waals surface area contributed by atoms with Crippen molar-refractivity contribution < 1.29 is 9.53 Å². The number of methoxy groups -OCH3 is 1. The number of carbonyl (C=O) groups excluding carboxylic acids is 1. The molecule has 1 aliphatic heterocycles. The average molecular weight is 336 g/mol. The number of rotatable bonds is 3. The van der Waals surface area contributed by atoms with Gasteiger partial charge in [0.1, 0.15) is 5.75 Å². The van der Waals surface area contributed by atoms with Crippen LogP contribution in [0.2, 0.25) is 0 Å². The highest BCUT2D eigenvalue weighted by atomic mass is 16.5. The third kappa shape index (κ3) is 3.34. The minimum atomic E-state index is 0.0100. The van der Waals surface area contributed by atoms with Gasteiger partial charge in [0.2, 0.25) is 0 Å². The highest BCUT2D eigenvalue weighted by Gasteiger charge is 2.42. The minimum absolute atomic E-state index is 0.0100. The summed E-state index contributed by atoms with van der Waals surface area (Å²) in [5.74, 6) is 2.71. The number of anilines is 1. The van der Waals surface area contributed by atoms with Crippen LogP contribution >= 0.6 is 0 Å². The fourth-order valence-corrected chi connectivity index (χ4v) is 4.34. The number of likely N-dealkylation sites (tertiary alicyclic amines) is 1. The quantitative estimate of drug-likeness (QED) is 0.905. The van der Waals surface area contributed by atoms with E-state index in [-0.39, 0.29) is 6.03 Å². The zero-order chi connectivity index (χ0) is 17.2. The molecule has 1 saturated carbocycles. The molecule has 3 atom stereocenters. The lowest BCUT2D eigenvalue weighted by molar-refractivity contribution is 0.218. The van der Waals surface area contributed by atoms with Crippen LogP contribution < -0.4 is 10.1 Å². The number of benzene rings is 2. The Morgan fingerprint density at radius 3 is 2.24 bits per heavy atom. The molecule has 2 aromatic rings. The summed E-state index contributed by atoms with van der Waals surface area (Å²) in [7, 11) is 1.64. The van der Waals surface area contributed by atoms with Crippen LogP contribution in [0.25, 0.3) is 0 Å². The molecule has 25 heavy (non-hydrogen) atoms. The topological polar surface area (TPSA) is 41.6 Å². The van der Waals surface area contributed by atoms with Gasteiger partial charge in [0.15, 0.2) is 0 Å². The molecule has 0 bridgehead atoms. The molecule has 4 rings (SSSR count). The smallest absolute Gasteiger partial charge is 0.321 e. The van der Waals surface area contributed by atoms with Crippen molar-refractivity contribution >= 4 is 11.7 Å². The predicted octanol–water partition coefficient (Wildman–Crippen LogP) is 4.35. The lowest BCUT2D eigenvalue weighted by Gasteiger charge is -2.20. The Hall–Kier alpha value is -2.49. The van der Waals surface area contributed by atoms with E-state index in [0.717, 1.165) is 24.5 Å². The summed E-state index contributed by atoms with van der Waals surface area (Å²) in [5.41, 5.74) is 2.26. The standard InChI is InChI=1S/C21H24N2O2/c1-25-20-9-7-19(8-10-20)22-21(24)23-13-17-11-16(12-18(17)14-23)15-5-3-2-4-6-15/h2-10,16-18H,11-14H2,1H3,(H,22,24)/t16-,17-,18+. The van der Waals surface area contributed by atoms with Crippen LogP contribution in [0.15, 0.2) is 54.6 Å². The number of amides is 2. The Labute approximate surface area is 148 Å². The first-order valence-electron chi connectivity index (χ1n) is 8.98. The van der Waals surface area contributed by atoms with Crippen molar-refractivity contribution in [3.63, 3.8) is 0 Å². The number of fused-ring (bicyclic) bond motifs is 1. The average Bonchev–Trinajstić information content (AvgIpc) is 3.22. The summed E-state index contributed by atoms with van der Waals surface area (Å²) in [6.45, 7) is 1.74. The predicted molar refractivity (Wildman–Crippen MR) is 99.0 cm³/mol. The second-order valence-corrected chi connectivity index (χ2v) is 7.16. The number of ether oxygens (including phenoxy) is 1. The van der Waals surface area contributed by atoms with Gasteiger partial charge in [-0.05, 0) is 60.4 Å². The van der Waals surface area contributed by atoms with Crippen LogP contribution in [0.4, 0.5) is 10.5 Å². The Bertz CT molecular complexity index is 715. The number of hydrogen-bond donors (Lipinski definition) is 1. The van der Waals surface area contributed by atoms with Crippen LogP contribution in [0.1, 0.15) is 24.3 Å². The third-order valence-electron chi connectivity index (χ3n) is 5.65. The van der Waals surface area contributed by atoms with Gasteiger partial charge in [-0.25, -0.2) is 4.79 Å². The molecule has 130 valence electrons. The second kappa shape index (κ2) is 6.79. The highest BCUT2D eigenvalue weighted by molar-refractivity contribution is 5.89. The molecular formula is C21H24N2O2. The number of nitrogens with zero attached hydrogens (tertiary/aromatic N) is 1. The maximum absolute atomic E-state index is 12.5. The van der Waals surface area contributed by atoms with Crippen molar-refractivity contribution in [1.82, 2.24) is 4.90 Å². The number of nitrogens with one attached hydrogen (secondary N) is 1. The van der Waals surface area contributed by atoms with Gasteiger partial charge in [-0.3, -0.25) is 0 Å². The molecule has 2 aromatic carbocycles. The van der Waals surface area contributed by atoms with Crippen molar-refractivity contribution in [2.45, 2.75) is 18.8 Å². The molecule has 0 spiro atoms. The molecule has 1 heterocycles. The number of carbonyl (C=O) groups is 1. The molecule has 2 aliphatic rings. The lowest BCUT2D eigenvalue weighted by Crippen LogP contribution is -2.33. The molecule has 0 radical (unpaired) electrons. The molecule has 4 nitrogen and oxygen atoms in total. The second-order valence-electron chi connectivity index (χ2n) is 7.16. The normalized spacial score (nSPS) is 24.8. The summed E-state index contributed by atoms with van der Waals surface area (Å²) in [6.07, 6.45) is 2.39. The monoisotopic (exact) mass is 336 g/mol. The van der Waals surface area contributed by atoms with Crippen LogP contribution in [0.5, 0.6) is 5.75 Å². The van der Waals surface area contributed by atoms with Crippen molar-refractivity contribution in [1.29, 1.82) is 0 Å². The fraction of sp³-hybridized carbons (Fsp3) is 0.381. The molecule has 0 aromatic heterocycles. The van der Waals surface area contributed by atoms with Crippen LogP contribution in [-0.2, 0) is 0 Å². The summed E-state index contributed by atoms with van der Waals surface area (Å²) in [4.78, 5) is 14.5. The molecule has 1 saturated heterocycles. The van der Waals surface area contributed by atoms with E-state index in [4.69, 9.17) is 4.74 Å². The van der Waals surface area contributed by atoms with Crippen molar-refractivity contribution in [2.24, 2.45) is 11.8 Å². The van der Waals surface area contributed by atoms with Gasteiger partial charge in [-0.2, -0.15) is 0 Å². The van der Waals surface area contributed by atoms with Gasteiger partial charge >= 0.3 is 6.03 Å². The summed E-state index contributed by atoms with van der Waals surface area (Å²) in [6, 6.07) is 18.3. The SMILES string of the molecule is COc1ccc(NC(=O)N2C[C@H]3C[C@@H](c4ccccc4)C[C@H]3C2)cc1. The minimum Gasteiger partial charge on any atom is -0.497 e. The Kier molecular flexibility index (Phi) is 4.35. The molecule has 2 fully saturated rings. The van der Waals surface area contributed by atoms with E-state index in [9.17, 15) is 4.79 Å². The summed E-state index contributed by atoms with van der Waals surface area (Å²) in [5, 5.41) is 3.00. The summed E-state index contributed by atoms with van der Waals surface area (Å²) < 4.78 is 5.15. The van der Waals surface area contributed by atoms with Gasteiger partial charge in [0, 0.05) is 18.8 Å². The van der Waals surface area contributed by atoms with Crippen molar-refractivity contribution in [3.05, 3.63) is 60.2 Å². The van der Waals surface area contributed by atoms with E-state index < -0.39 is 0 Å². The van der Waals surface area contributed by atoms with Crippen LogP contribution in [-0.4, -0.2) is 31.1 Å².